The van der Waals surface area contributed by atoms with Crippen molar-refractivity contribution in [2.45, 2.75) is 43.4 Å². The Morgan fingerprint density at radius 2 is 1.81 bits per heavy atom. The molecule has 0 saturated carbocycles. The molecule has 5 heteroatoms. The number of hydrogen-bond donors (Lipinski definition) is 1. The first kappa shape index (κ1) is 14.4. The minimum absolute atomic E-state index is 0.00848. The van der Waals surface area contributed by atoms with Gasteiger partial charge in [0.2, 0.25) is 0 Å². The third-order valence-corrected chi connectivity index (χ3v) is 6.13. The molecule has 1 spiro atoms. The van der Waals surface area contributed by atoms with Gasteiger partial charge in [-0.15, -0.1) is 0 Å². The van der Waals surface area contributed by atoms with Crippen molar-refractivity contribution in [3.8, 4) is 0 Å². The molecule has 5 aliphatic heterocycles. The van der Waals surface area contributed by atoms with Crippen LogP contribution in [0.15, 0.2) is 0 Å². The van der Waals surface area contributed by atoms with Crippen LogP contribution in [-0.4, -0.2) is 85.2 Å². The molecule has 5 nitrogen and oxygen atoms in total. The van der Waals surface area contributed by atoms with Crippen molar-refractivity contribution in [1.29, 1.82) is 0 Å². The normalized spacial score (nSPS) is 43.9. The van der Waals surface area contributed by atoms with Crippen molar-refractivity contribution >= 4 is 0 Å². The molecule has 21 heavy (non-hydrogen) atoms. The number of fused-ring (bicyclic) bond motifs is 3. The summed E-state index contributed by atoms with van der Waals surface area (Å²) in [5.74, 6) is 0.391. The molecule has 0 aromatic carbocycles. The Morgan fingerprint density at radius 1 is 1.05 bits per heavy atom. The summed E-state index contributed by atoms with van der Waals surface area (Å²) in [5.41, 5.74) is -0.00848. The van der Waals surface area contributed by atoms with E-state index in [2.05, 4.69) is 9.80 Å². The van der Waals surface area contributed by atoms with Gasteiger partial charge in [0.1, 0.15) is 0 Å². The third-order valence-electron chi connectivity index (χ3n) is 6.13. The van der Waals surface area contributed by atoms with Crippen LogP contribution in [0, 0.1) is 5.92 Å². The zero-order valence-corrected chi connectivity index (χ0v) is 12.9. The van der Waals surface area contributed by atoms with E-state index in [9.17, 15) is 5.11 Å². The van der Waals surface area contributed by atoms with E-state index in [1.54, 1.807) is 0 Å². The van der Waals surface area contributed by atoms with Crippen LogP contribution in [0.5, 0.6) is 0 Å². The number of ether oxygens (including phenoxy) is 2. The van der Waals surface area contributed by atoms with E-state index in [1.165, 1.54) is 13.1 Å². The Labute approximate surface area is 127 Å². The maximum absolute atomic E-state index is 11.0. The molecular formula is C16H28N2O3. The standard InChI is InChI=1S/C16H28N2O3/c19-15(14-12-17-4-6-18(14)7-5-17)13-1-8-21-16(11-13)2-9-20-10-3-16/h13-15,19H,1-12H2. The van der Waals surface area contributed by atoms with Crippen LogP contribution in [0.25, 0.3) is 0 Å². The molecule has 5 rings (SSSR count). The summed E-state index contributed by atoms with van der Waals surface area (Å²) < 4.78 is 11.6. The van der Waals surface area contributed by atoms with E-state index in [0.717, 1.165) is 65.1 Å². The van der Waals surface area contributed by atoms with E-state index in [-0.39, 0.29) is 11.7 Å². The van der Waals surface area contributed by atoms with Gasteiger partial charge in [-0.2, -0.15) is 0 Å². The monoisotopic (exact) mass is 296 g/mol. The average molecular weight is 296 g/mol. The van der Waals surface area contributed by atoms with Crippen LogP contribution < -0.4 is 0 Å². The highest BCUT2D eigenvalue weighted by Gasteiger charge is 2.45. The first-order valence-corrected chi connectivity index (χ1v) is 8.62. The lowest BCUT2D eigenvalue weighted by Gasteiger charge is -2.52. The van der Waals surface area contributed by atoms with Crippen LogP contribution in [0.2, 0.25) is 0 Å². The first-order chi connectivity index (χ1) is 10.3. The summed E-state index contributed by atoms with van der Waals surface area (Å²) in [6.07, 6.45) is 3.82. The second-order valence-corrected chi connectivity index (χ2v) is 7.29. The molecule has 5 fully saturated rings. The second-order valence-electron chi connectivity index (χ2n) is 7.29. The van der Waals surface area contributed by atoms with Crippen molar-refractivity contribution < 1.29 is 14.6 Å². The molecular weight excluding hydrogens is 268 g/mol. The summed E-state index contributed by atoms with van der Waals surface area (Å²) in [6, 6.07) is 0.340. The molecule has 2 bridgehead atoms. The fourth-order valence-electron chi connectivity index (χ4n) is 4.74. The molecule has 3 atom stereocenters. The minimum atomic E-state index is -0.197. The molecule has 5 aliphatic rings. The molecule has 5 saturated heterocycles. The predicted molar refractivity (Wildman–Crippen MR) is 79.3 cm³/mol. The van der Waals surface area contributed by atoms with Crippen LogP contribution in [0.1, 0.15) is 25.7 Å². The first-order valence-electron chi connectivity index (χ1n) is 8.62. The highest BCUT2D eigenvalue weighted by Crippen LogP contribution is 2.39. The van der Waals surface area contributed by atoms with Crippen molar-refractivity contribution in [2.24, 2.45) is 5.92 Å². The van der Waals surface area contributed by atoms with Gasteiger partial charge in [-0.25, -0.2) is 0 Å². The number of hydrogen-bond acceptors (Lipinski definition) is 5. The van der Waals surface area contributed by atoms with Gasteiger partial charge >= 0.3 is 0 Å². The van der Waals surface area contributed by atoms with Crippen LogP contribution in [-0.2, 0) is 9.47 Å². The quantitative estimate of drug-likeness (QED) is 0.795. The fourth-order valence-corrected chi connectivity index (χ4v) is 4.74. The average Bonchev–Trinajstić information content (AvgIpc) is 2.56. The summed E-state index contributed by atoms with van der Waals surface area (Å²) in [4.78, 5) is 5.02. The Morgan fingerprint density at radius 3 is 2.48 bits per heavy atom. The van der Waals surface area contributed by atoms with Gasteiger partial charge < -0.3 is 14.6 Å². The number of nitrogens with zero attached hydrogens (tertiary/aromatic N) is 2. The van der Waals surface area contributed by atoms with Crippen LogP contribution >= 0.6 is 0 Å². The maximum atomic E-state index is 11.0. The van der Waals surface area contributed by atoms with E-state index < -0.39 is 0 Å². The highest BCUT2D eigenvalue weighted by molar-refractivity contribution is 4.98. The van der Waals surface area contributed by atoms with Crippen LogP contribution in [0.4, 0.5) is 0 Å². The molecule has 5 heterocycles. The highest BCUT2D eigenvalue weighted by atomic mass is 16.5. The molecule has 0 amide bonds. The lowest BCUT2D eigenvalue weighted by Crippen LogP contribution is -2.65. The molecule has 0 aliphatic carbocycles. The summed E-state index contributed by atoms with van der Waals surface area (Å²) >= 11 is 0. The number of aliphatic hydroxyl groups is 1. The lowest BCUT2D eigenvalue weighted by atomic mass is 9.76. The smallest absolute Gasteiger partial charge is 0.0737 e. The fraction of sp³-hybridized carbons (Fsp3) is 1.00. The zero-order valence-electron chi connectivity index (χ0n) is 12.9. The van der Waals surface area contributed by atoms with Crippen molar-refractivity contribution in [1.82, 2.24) is 9.80 Å². The van der Waals surface area contributed by atoms with E-state index in [1.807, 2.05) is 0 Å². The van der Waals surface area contributed by atoms with Crippen molar-refractivity contribution in [2.75, 3.05) is 52.5 Å². The SMILES string of the molecule is OC(C1CCOC2(CCOCC2)C1)C1CN2CCN1CC2. The van der Waals surface area contributed by atoms with Crippen LogP contribution in [0.3, 0.4) is 0 Å². The maximum Gasteiger partial charge on any atom is 0.0737 e. The molecule has 0 aromatic rings. The van der Waals surface area contributed by atoms with Gasteiger partial charge in [0.15, 0.2) is 0 Å². The summed E-state index contributed by atoms with van der Waals surface area (Å²) in [7, 11) is 0. The van der Waals surface area contributed by atoms with Gasteiger partial charge in [0, 0.05) is 58.6 Å². The number of rotatable bonds is 2. The molecule has 3 unspecified atom stereocenters. The Bertz CT molecular complexity index is 359. The van der Waals surface area contributed by atoms with Gasteiger partial charge in [0.25, 0.3) is 0 Å². The Hall–Kier alpha value is -0.200. The van der Waals surface area contributed by atoms with Crippen molar-refractivity contribution in [3.63, 3.8) is 0 Å². The largest absolute Gasteiger partial charge is 0.391 e. The van der Waals surface area contributed by atoms with Gasteiger partial charge in [-0.05, 0) is 31.6 Å². The molecule has 1 N–H and O–H groups in total. The molecule has 120 valence electrons. The molecule has 0 aromatic heterocycles. The van der Waals surface area contributed by atoms with Crippen molar-refractivity contribution in [3.05, 3.63) is 0 Å². The molecule has 0 radical (unpaired) electrons. The predicted octanol–water partition coefficient (Wildman–Crippen LogP) is 0.323. The number of aliphatic hydroxyl groups excluding tert-OH is 1. The Balaban J connectivity index is 1.43. The lowest BCUT2D eigenvalue weighted by molar-refractivity contribution is -0.168. The second kappa shape index (κ2) is 5.78. The van der Waals surface area contributed by atoms with Gasteiger partial charge in [-0.3, -0.25) is 9.80 Å². The zero-order chi connectivity index (χ0) is 14.3. The van der Waals surface area contributed by atoms with E-state index in [4.69, 9.17) is 9.47 Å². The third kappa shape index (κ3) is 2.75. The van der Waals surface area contributed by atoms with Gasteiger partial charge in [0.05, 0.1) is 11.7 Å². The van der Waals surface area contributed by atoms with Gasteiger partial charge in [-0.1, -0.05) is 0 Å². The topological polar surface area (TPSA) is 45.2 Å². The Kier molecular flexibility index (Phi) is 3.96. The number of piperazine rings is 3. The van der Waals surface area contributed by atoms with E-state index in [0.29, 0.717) is 12.0 Å². The summed E-state index contributed by atoms with van der Waals surface area (Å²) in [6.45, 7) is 8.09. The van der Waals surface area contributed by atoms with E-state index >= 15 is 0 Å². The minimum Gasteiger partial charge on any atom is -0.391 e. The summed E-state index contributed by atoms with van der Waals surface area (Å²) in [5, 5.41) is 11.0.